The summed E-state index contributed by atoms with van der Waals surface area (Å²) in [5.74, 6) is 0.404. The van der Waals surface area contributed by atoms with E-state index in [9.17, 15) is 5.11 Å². The van der Waals surface area contributed by atoms with Crippen LogP contribution < -0.4 is 0 Å². The van der Waals surface area contributed by atoms with Crippen molar-refractivity contribution in [3.05, 3.63) is 29.8 Å². The first-order valence-electron chi connectivity index (χ1n) is 5.51. The summed E-state index contributed by atoms with van der Waals surface area (Å²) in [6, 6.07) is 8.61. The third-order valence-electron chi connectivity index (χ3n) is 2.21. The summed E-state index contributed by atoms with van der Waals surface area (Å²) < 4.78 is 0. The number of aryl methyl sites for hydroxylation is 1. The molecular weight excluding hydrogens is 366 g/mol. The van der Waals surface area contributed by atoms with Gasteiger partial charge in [0.2, 0.25) is 0 Å². The van der Waals surface area contributed by atoms with Gasteiger partial charge in [-0.25, -0.2) is 0 Å². The molecule has 0 aromatic heterocycles. The molecular formula is C11H17Cl4OSiTi. The molecule has 7 heteroatoms. The summed E-state index contributed by atoms with van der Waals surface area (Å²) in [6.45, 7) is 4.30. The Labute approximate surface area is 133 Å². The van der Waals surface area contributed by atoms with E-state index < -0.39 is 22.1 Å². The molecule has 1 N–H and O–H groups in total. The molecule has 1 aromatic rings. The van der Waals surface area contributed by atoms with Crippen molar-refractivity contribution in [1.29, 1.82) is 0 Å². The van der Waals surface area contributed by atoms with Gasteiger partial charge in [-0.05, 0) is 24.1 Å². The number of halogens is 4. The fraction of sp³-hybridized carbons (Fsp3) is 0.455. The number of hydrogen-bond donors (Lipinski definition) is 1. The molecule has 0 amide bonds. The second-order valence-corrected chi connectivity index (χ2v) is 19.2. The molecule has 0 aliphatic rings. The standard InChI is InChI=1S/C11H17ClOSi.3ClH.Ti/c1-14(2,12)9-5-7-10-6-3-4-8-11(10)13;;;;/h3-4,6,8,13H,5,7,9H2,1-2H3;3*1H;/q;;;;+3/p-3. The van der Waals surface area contributed by atoms with E-state index in [2.05, 4.69) is 13.1 Å². The van der Waals surface area contributed by atoms with Gasteiger partial charge in [0, 0.05) is 0 Å². The minimum absolute atomic E-state index is 0.404. The second kappa shape index (κ2) is 9.93. The number of phenolic OH excluding ortho intramolecular Hbond substituents is 1. The zero-order chi connectivity index (χ0) is 14.2. The van der Waals surface area contributed by atoms with Crippen molar-refractivity contribution in [3.8, 4) is 5.75 Å². The van der Waals surface area contributed by atoms with Gasteiger partial charge in [0.15, 0.2) is 7.38 Å². The van der Waals surface area contributed by atoms with Gasteiger partial charge >= 0.3 is 42.6 Å². The van der Waals surface area contributed by atoms with E-state index in [1.54, 1.807) is 6.07 Å². The number of hydrogen-bond acceptors (Lipinski definition) is 1. The van der Waals surface area contributed by atoms with Crippen LogP contribution in [0.5, 0.6) is 5.75 Å². The van der Waals surface area contributed by atoms with Crippen molar-refractivity contribution in [1.82, 2.24) is 0 Å². The van der Waals surface area contributed by atoms with Gasteiger partial charge in [0.25, 0.3) is 0 Å². The van der Waals surface area contributed by atoms with Gasteiger partial charge in [0.05, 0.1) is 0 Å². The van der Waals surface area contributed by atoms with Crippen LogP contribution in [-0.4, -0.2) is 12.5 Å². The maximum atomic E-state index is 9.52. The van der Waals surface area contributed by atoms with Gasteiger partial charge < -0.3 is 5.11 Å². The fourth-order valence-corrected chi connectivity index (χ4v) is 2.84. The topological polar surface area (TPSA) is 20.2 Å². The summed E-state index contributed by atoms with van der Waals surface area (Å²) in [4.78, 5) is 0. The SMILES string of the molecule is C[Si](C)(Cl)CCCc1ccccc1O.[Cl][Ti]([Cl])[Cl]. The van der Waals surface area contributed by atoms with Crippen LogP contribution in [-0.2, 0) is 21.1 Å². The van der Waals surface area contributed by atoms with Crippen molar-refractivity contribution in [2.75, 3.05) is 0 Å². The van der Waals surface area contributed by atoms with Crippen LogP contribution in [0, 0.1) is 0 Å². The normalized spacial score (nSPS) is 10.6. The monoisotopic (exact) mass is 381 g/mol. The Morgan fingerprint density at radius 1 is 1.17 bits per heavy atom. The third-order valence-corrected chi connectivity index (χ3v) is 4.32. The number of aromatic hydroxyl groups is 1. The molecule has 1 rings (SSSR count). The predicted octanol–water partition coefficient (Wildman–Crippen LogP) is 5.83. The minimum atomic E-state index is -1.92. The van der Waals surface area contributed by atoms with Crippen LogP contribution in [0.1, 0.15) is 12.0 Å². The van der Waals surface area contributed by atoms with E-state index in [0.29, 0.717) is 5.75 Å². The van der Waals surface area contributed by atoms with Crippen LogP contribution in [0.2, 0.25) is 19.1 Å². The van der Waals surface area contributed by atoms with Gasteiger partial charge in [0.1, 0.15) is 5.75 Å². The molecule has 0 aliphatic carbocycles. The van der Waals surface area contributed by atoms with E-state index in [1.165, 1.54) is 0 Å². The molecule has 18 heavy (non-hydrogen) atoms. The van der Waals surface area contributed by atoms with Crippen LogP contribution >= 0.6 is 39.0 Å². The molecule has 0 saturated heterocycles. The zero-order valence-corrected chi connectivity index (χ0v) is 16.0. The maximum absolute atomic E-state index is 9.52. The number of benzene rings is 1. The summed E-state index contributed by atoms with van der Waals surface area (Å²) in [5, 5.41) is 9.52. The Morgan fingerprint density at radius 3 is 2.11 bits per heavy atom. The van der Waals surface area contributed by atoms with Gasteiger partial charge in [-0.3, -0.25) is 0 Å². The van der Waals surface area contributed by atoms with E-state index >= 15 is 0 Å². The Bertz CT molecular complexity index is 341. The average molecular weight is 383 g/mol. The van der Waals surface area contributed by atoms with Gasteiger partial charge in [-0.15, -0.1) is 0 Å². The Kier molecular flexibility index (Phi) is 10.5. The number of para-hydroxylation sites is 1. The second-order valence-electron chi connectivity index (χ2n) is 4.42. The number of phenols is 1. The molecule has 0 spiro atoms. The first-order valence-corrected chi connectivity index (χ1v) is 16.2. The van der Waals surface area contributed by atoms with E-state index in [1.807, 2.05) is 18.2 Å². The van der Waals surface area contributed by atoms with Crippen LogP contribution in [0.25, 0.3) is 0 Å². The molecule has 1 nitrogen and oxygen atoms in total. The van der Waals surface area contributed by atoms with Crippen molar-refractivity contribution < 1.29 is 19.8 Å². The number of rotatable bonds is 4. The Hall–Kier alpha value is 1.11. The molecule has 0 bridgehead atoms. The first-order chi connectivity index (χ1) is 8.22. The predicted molar refractivity (Wildman–Crippen MR) is 82.1 cm³/mol. The van der Waals surface area contributed by atoms with E-state index in [4.69, 9.17) is 39.0 Å². The molecule has 0 unspecified atom stereocenters. The summed E-state index contributed by atoms with van der Waals surface area (Å²) >= 11 is 4.30. The Morgan fingerprint density at radius 2 is 1.67 bits per heavy atom. The summed E-state index contributed by atoms with van der Waals surface area (Å²) in [7, 11) is 13.5. The van der Waals surface area contributed by atoms with Crippen LogP contribution in [0.3, 0.4) is 0 Å². The van der Waals surface area contributed by atoms with Gasteiger partial charge in [-0.2, -0.15) is 11.1 Å². The summed E-state index contributed by atoms with van der Waals surface area (Å²) in [5.41, 5.74) is 1.03. The Balaban J connectivity index is 0.000000631. The van der Waals surface area contributed by atoms with Crippen molar-refractivity contribution in [3.63, 3.8) is 0 Å². The average Bonchev–Trinajstić information content (AvgIpc) is 2.18. The molecule has 103 valence electrons. The molecule has 0 heterocycles. The third kappa shape index (κ3) is 12.2. The van der Waals surface area contributed by atoms with Crippen LogP contribution in [0.15, 0.2) is 24.3 Å². The van der Waals surface area contributed by atoms with Crippen molar-refractivity contribution in [2.45, 2.75) is 32.0 Å². The van der Waals surface area contributed by atoms with Crippen LogP contribution in [0.4, 0.5) is 0 Å². The summed E-state index contributed by atoms with van der Waals surface area (Å²) in [6.07, 6.45) is 2.00. The van der Waals surface area contributed by atoms with Crippen molar-refractivity contribution >= 4 is 46.4 Å². The first kappa shape index (κ1) is 19.1. The van der Waals surface area contributed by atoms with E-state index in [-0.39, 0.29) is 0 Å². The van der Waals surface area contributed by atoms with Gasteiger partial charge in [-0.1, -0.05) is 37.7 Å². The molecule has 0 saturated carbocycles. The molecule has 0 atom stereocenters. The van der Waals surface area contributed by atoms with Crippen molar-refractivity contribution in [2.24, 2.45) is 0 Å². The molecule has 0 radical (unpaired) electrons. The molecule has 1 aromatic carbocycles. The van der Waals surface area contributed by atoms with E-state index in [0.717, 1.165) is 24.4 Å². The quantitative estimate of drug-likeness (QED) is 0.512. The molecule has 0 aliphatic heterocycles. The molecule has 0 fully saturated rings. The fourth-order valence-electron chi connectivity index (χ4n) is 1.42. The zero-order valence-electron chi connectivity index (χ0n) is 10.4.